The Morgan fingerprint density at radius 1 is 1.23 bits per heavy atom. The van der Waals surface area contributed by atoms with Gasteiger partial charge in [-0.2, -0.15) is 10.4 Å². The molecule has 4 aromatic rings. The second-order valence-electron chi connectivity index (χ2n) is 9.23. The number of nitrogens with zero attached hydrogens (tertiary/aromatic N) is 7. The molecule has 1 aromatic carbocycles. The number of anilines is 1. The second kappa shape index (κ2) is 10.6. The van der Waals surface area contributed by atoms with Crippen molar-refractivity contribution in [3.05, 3.63) is 87.2 Å². The molecule has 200 valence electrons. The molecular weight excluding hydrogens is 504 g/mol. The highest BCUT2D eigenvalue weighted by Gasteiger charge is 2.32. The van der Waals surface area contributed by atoms with Crippen LogP contribution in [0.4, 0.5) is 5.69 Å². The number of carbonyl (C=O) groups is 2. The number of nitrogens with one attached hydrogen (secondary N) is 1. The van der Waals surface area contributed by atoms with Crippen LogP contribution in [0.2, 0.25) is 0 Å². The van der Waals surface area contributed by atoms with Crippen molar-refractivity contribution in [2.75, 3.05) is 19.4 Å². The Balaban J connectivity index is 1.90. The van der Waals surface area contributed by atoms with Gasteiger partial charge in [0.1, 0.15) is 17.8 Å². The van der Waals surface area contributed by atoms with E-state index in [9.17, 15) is 24.8 Å². The van der Waals surface area contributed by atoms with E-state index < -0.39 is 34.7 Å². The molecule has 0 unspecified atom stereocenters. The maximum atomic E-state index is 13.0. The Kier molecular flexibility index (Phi) is 7.30. The van der Waals surface area contributed by atoms with E-state index in [1.165, 1.54) is 24.4 Å². The van der Waals surface area contributed by atoms with E-state index >= 15 is 0 Å². The number of carbonyl (C=O) groups excluding carboxylic acids is 2. The molecule has 2 N–H and O–H groups in total. The smallest absolute Gasteiger partial charge is 0.296 e. The fraction of sp³-hybridized carbons (Fsp3) is 0.269. The van der Waals surface area contributed by atoms with E-state index in [1.54, 1.807) is 63.3 Å². The predicted molar refractivity (Wildman–Crippen MR) is 138 cm³/mol. The minimum atomic E-state index is -0.837. The van der Waals surface area contributed by atoms with Crippen LogP contribution >= 0.6 is 0 Å². The minimum absolute atomic E-state index is 0.162. The first-order chi connectivity index (χ1) is 18.5. The Morgan fingerprint density at radius 3 is 2.56 bits per heavy atom. The lowest BCUT2D eigenvalue weighted by molar-refractivity contribution is 0.0827. The Hall–Kier alpha value is -5.25. The zero-order valence-electron chi connectivity index (χ0n) is 21.9. The lowest BCUT2D eigenvalue weighted by atomic mass is 9.79. The van der Waals surface area contributed by atoms with Crippen LogP contribution in [0.15, 0.2) is 52.4 Å². The zero-order valence-corrected chi connectivity index (χ0v) is 21.9. The summed E-state index contributed by atoms with van der Waals surface area (Å²) < 4.78 is 7.45. The largest absolute Gasteiger partial charge is 0.501 e. The highest BCUT2D eigenvalue weighted by Crippen LogP contribution is 2.39. The van der Waals surface area contributed by atoms with Crippen LogP contribution in [0.25, 0.3) is 0 Å². The van der Waals surface area contributed by atoms with Gasteiger partial charge in [-0.15, -0.1) is 0 Å². The number of aryl methyl sites for hydroxylation is 1. The van der Waals surface area contributed by atoms with Crippen molar-refractivity contribution in [3.8, 4) is 11.8 Å². The van der Waals surface area contributed by atoms with Crippen LogP contribution in [-0.2, 0) is 14.1 Å². The first-order valence-electron chi connectivity index (χ1n) is 11.8. The highest BCUT2D eigenvalue weighted by molar-refractivity contribution is 6.04. The van der Waals surface area contributed by atoms with Gasteiger partial charge in [0.15, 0.2) is 5.69 Å². The molecule has 0 radical (unpaired) electrons. The molecule has 3 aromatic heterocycles. The normalized spacial score (nSPS) is 12.4. The van der Waals surface area contributed by atoms with Crippen LogP contribution in [-0.4, -0.2) is 60.4 Å². The van der Waals surface area contributed by atoms with Crippen molar-refractivity contribution in [2.24, 2.45) is 14.1 Å². The van der Waals surface area contributed by atoms with Crippen LogP contribution in [0, 0.1) is 11.3 Å². The van der Waals surface area contributed by atoms with Gasteiger partial charge in [-0.05, 0) is 29.3 Å². The van der Waals surface area contributed by atoms with Crippen molar-refractivity contribution < 1.29 is 19.2 Å². The Labute approximate surface area is 222 Å². The molecule has 0 saturated heterocycles. The summed E-state index contributed by atoms with van der Waals surface area (Å²) in [5.74, 6) is -2.99. The summed E-state index contributed by atoms with van der Waals surface area (Å²) in [5, 5.41) is 30.7. The molecule has 39 heavy (non-hydrogen) atoms. The highest BCUT2D eigenvalue weighted by atomic mass is 16.5. The molecule has 13 heteroatoms. The third-order valence-corrected chi connectivity index (χ3v) is 6.36. The van der Waals surface area contributed by atoms with Gasteiger partial charge in [0.25, 0.3) is 17.4 Å². The number of hydrogen-bond donors (Lipinski definition) is 2. The Morgan fingerprint density at radius 2 is 1.97 bits per heavy atom. The molecule has 0 bridgehead atoms. The molecule has 13 nitrogen and oxygen atoms in total. The van der Waals surface area contributed by atoms with Gasteiger partial charge < -0.3 is 19.8 Å². The number of hydrogen-bond acceptors (Lipinski definition) is 9. The summed E-state index contributed by atoms with van der Waals surface area (Å²) in [4.78, 5) is 44.5. The third-order valence-electron chi connectivity index (χ3n) is 6.36. The van der Waals surface area contributed by atoms with Crippen LogP contribution < -0.4 is 10.9 Å². The molecule has 2 amide bonds. The Bertz CT molecular complexity index is 1650. The topological polar surface area (TPSA) is 172 Å². The van der Waals surface area contributed by atoms with Gasteiger partial charge in [-0.3, -0.25) is 23.6 Å². The maximum absolute atomic E-state index is 13.0. The van der Waals surface area contributed by atoms with Crippen LogP contribution in [0.5, 0.6) is 5.75 Å². The van der Waals surface area contributed by atoms with Gasteiger partial charge in [0.05, 0.1) is 24.0 Å². The van der Waals surface area contributed by atoms with Crippen LogP contribution in [0.1, 0.15) is 62.1 Å². The summed E-state index contributed by atoms with van der Waals surface area (Å²) in [7, 11) is 6.43. The molecule has 0 spiro atoms. The van der Waals surface area contributed by atoms with E-state index in [0.717, 1.165) is 4.57 Å². The van der Waals surface area contributed by atoms with Crippen molar-refractivity contribution in [2.45, 2.75) is 18.8 Å². The monoisotopic (exact) mass is 530 g/mol. The van der Waals surface area contributed by atoms with E-state index in [2.05, 4.69) is 26.6 Å². The van der Waals surface area contributed by atoms with E-state index in [1.807, 2.05) is 0 Å². The molecule has 0 aliphatic carbocycles. The standard InChI is InChI=1S/C26H26N8O5/c1-14(23-31-21(22(35)26(38)34(23)5)24(36)30-18-11-29-39-13-18)20(17-10-28-33(4)12-17)19-8-15(25(37)32(2)3)6-7-16(19)9-27/h6-8,10-14,20,35H,1-5H3,(H,30,36)/t14-,20-/m1/s1. The van der Waals surface area contributed by atoms with Crippen LogP contribution in [0.3, 0.4) is 0 Å². The molecule has 2 atom stereocenters. The third kappa shape index (κ3) is 5.12. The average Bonchev–Trinajstić information content (AvgIpc) is 3.58. The van der Waals surface area contributed by atoms with Gasteiger partial charge in [-0.1, -0.05) is 12.1 Å². The number of rotatable bonds is 7. The predicted octanol–water partition coefficient (Wildman–Crippen LogP) is 1.97. The van der Waals surface area contributed by atoms with Crippen molar-refractivity contribution in [1.82, 2.24) is 29.4 Å². The van der Waals surface area contributed by atoms with Crippen molar-refractivity contribution >= 4 is 17.5 Å². The second-order valence-corrected chi connectivity index (χ2v) is 9.23. The summed E-state index contributed by atoms with van der Waals surface area (Å²) in [6.07, 6.45) is 5.83. The quantitative estimate of drug-likeness (QED) is 0.362. The van der Waals surface area contributed by atoms with Gasteiger partial charge in [0, 0.05) is 51.8 Å². The maximum Gasteiger partial charge on any atom is 0.296 e. The summed E-state index contributed by atoms with van der Waals surface area (Å²) >= 11 is 0. The van der Waals surface area contributed by atoms with Gasteiger partial charge in [0.2, 0.25) is 5.75 Å². The van der Waals surface area contributed by atoms with E-state index in [4.69, 9.17) is 4.52 Å². The molecule has 4 rings (SSSR count). The van der Waals surface area contributed by atoms with E-state index in [-0.39, 0.29) is 17.4 Å². The molecule has 3 heterocycles. The van der Waals surface area contributed by atoms with Crippen molar-refractivity contribution in [1.29, 1.82) is 5.26 Å². The number of amides is 2. The fourth-order valence-electron chi connectivity index (χ4n) is 4.43. The molecule has 0 aliphatic heterocycles. The number of aromatic nitrogens is 5. The molecular formula is C26H26N8O5. The molecule has 0 aliphatic rings. The summed E-state index contributed by atoms with van der Waals surface area (Å²) in [6, 6.07) is 6.98. The minimum Gasteiger partial charge on any atom is -0.501 e. The molecule has 0 fully saturated rings. The zero-order chi connectivity index (χ0) is 28.4. The summed E-state index contributed by atoms with van der Waals surface area (Å²) in [5.41, 5.74) is 0.798. The number of aromatic hydroxyl groups is 1. The fourth-order valence-corrected chi connectivity index (χ4v) is 4.43. The molecule has 0 saturated carbocycles. The SMILES string of the molecule is C[C@@H](c1nc(C(=O)Nc2cnoc2)c(O)c(=O)n1C)[C@H](c1cnn(C)c1)c1cc(C(=O)N(C)C)ccc1C#N. The van der Waals surface area contributed by atoms with E-state index in [0.29, 0.717) is 22.3 Å². The van der Waals surface area contributed by atoms with Gasteiger partial charge >= 0.3 is 0 Å². The lowest BCUT2D eigenvalue weighted by Gasteiger charge is -2.26. The van der Waals surface area contributed by atoms with Gasteiger partial charge in [-0.25, -0.2) is 4.98 Å². The average molecular weight is 531 g/mol. The lowest BCUT2D eigenvalue weighted by Crippen LogP contribution is -2.29. The summed E-state index contributed by atoms with van der Waals surface area (Å²) in [6.45, 7) is 1.78. The number of benzene rings is 1. The van der Waals surface area contributed by atoms with Crippen molar-refractivity contribution in [3.63, 3.8) is 0 Å². The number of nitriles is 1. The first-order valence-corrected chi connectivity index (χ1v) is 11.8. The first kappa shape index (κ1) is 26.8.